The summed E-state index contributed by atoms with van der Waals surface area (Å²) >= 11 is 0. The van der Waals surface area contributed by atoms with Gasteiger partial charge in [-0.25, -0.2) is 0 Å². The lowest BCUT2D eigenvalue weighted by atomic mass is 9.96. The molecular weight excluding hydrogens is 226 g/mol. The molecule has 1 aliphatic carbocycles. The summed E-state index contributed by atoms with van der Waals surface area (Å²) in [5, 5.41) is 3.26. The minimum absolute atomic E-state index is 0.124. The molecule has 3 heteroatoms. The molecule has 1 fully saturated rings. The van der Waals surface area contributed by atoms with Crippen molar-refractivity contribution in [3.8, 4) is 5.75 Å². The zero-order valence-corrected chi connectivity index (χ0v) is 11.6. The average Bonchev–Trinajstić information content (AvgIpc) is 3.14. The molecule has 2 rings (SSSR count). The van der Waals surface area contributed by atoms with Crippen molar-refractivity contribution >= 4 is 5.78 Å². The molecule has 0 aliphatic heterocycles. The number of ketones is 1. The normalized spacial score (nSPS) is 14.7. The number of benzene rings is 1. The van der Waals surface area contributed by atoms with Crippen LogP contribution in [-0.2, 0) is 0 Å². The van der Waals surface area contributed by atoms with Crippen LogP contribution in [0.4, 0.5) is 0 Å². The summed E-state index contributed by atoms with van der Waals surface area (Å²) in [5.41, 5.74) is 3.94. The highest BCUT2D eigenvalue weighted by atomic mass is 16.5. The van der Waals surface area contributed by atoms with E-state index in [9.17, 15) is 4.79 Å². The quantitative estimate of drug-likeness (QED) is 0.813. The predicted molar refractivity (Wildman–Crippen MR) is 72.6 cm³/mol. The summed E-state index contributed by atoms with van der Waals surface area (Å²) in [4.78, 5) is 12.3. The van der Waals surface area contributed by atoms with Crippen LogP contribution in [0.15, 0.2) is 6.07 Å². The molecule has 0 spiro atoms. The molecule has 0 bridgehead atoms. The van der Waals surface area contributed by atoms with Crippen LogP contribution < -0.4 is 10.1 Å². The molecule has 0 aromatic heterocycles. The van der Waals surface area contributed by atoms with Gasteiger partial charge in [0.25, 0.3) is 0 Å². The Morgan fingerprint density at radius 2 is 2.00 bits per heavy atom. The largest absolute Gasteiger partial charge is 0.496 e. The van der Waals surface area contributed by atoms with E-state index in [4.69, 9.17) is 4.74 Å². The maximum absolute atomic E-state index is 12.3. The molecule has 0 radical (unpaired) electrons. The van der Waals surface area contributed by atoms with Gasteiger partial charge in [-0.1, -0.05) is 6.07 Å². The molecule has 0 unspecified atom stereocenters. The van der Waals surface area contributed by atoms with Crippen molar-refractivity contribution in [3.63, 3.8) is 0 Å². The Bertz CT molecular complexity index is 476. The summed E-state index contributed by atoms with van der Waals surface area (Å²) in [6.45, 7) is 6.42. The summed E-state index contributed by atoms with van der Waals surface area (Å²) in [6, 6.07) is 2.61. The monoisotopic (exact) mass is 247 g/mol. The van der Waals surface area contributed by atoms with E-state index in [1.165, 1.54) is 12.8 Å². The Morgan fingerprint density at radius 3 is 2.56 bits per heavy atom. The Labute approximate surface area is 109 Å². The van der Waals surface area contributed by atoms with Crippen LogP contribution in [0.1, 0.15) is 39.9 Å². The second-order valence-corrected chi connectivity index (χ2v) is 5.12. The Balaban J connectivity index is 2.29. The smallest absolute Gasteiger partial charge is 0.180 e. The van der Waals surface area contributed by atoms with E-state index in [2.05, 4.69) is 11.4 Å². The third-order valence-electron chi connectivity index (χ3n) is 3.60. The first-order chi connectivity index (χ1) is 8.54. The van der Waals surface area contributed by atoms with Crippen molar-refractivity contribution in [2.45, 2.75) is 39.7 Å². The zero-order valence-electron chi connectivity index (χ0n) is 11.6. The molecule has 0 saturated heterocycles. The van der Waals surface area contributed by atoms with Crippen LogP contribution in [0.5, 0.6) is 5.75 Å². The third kappa shape index (κ3) is 2.56. The first kappa shape index (κ1) is 13.1. The Hall–Kier alpha value is -1.35. The van der Waals surface area contributed by atoms with E-state index in [-0.39, 0.29) is 5.78 Å². The number of nitrogens with one attached hydrogen (secondary N) is 1. The first-order valence-electron chi connectivity index (χ1n) is 6.46. The van der Waals surface area contributed by atoms with E-state index >= 15 is 0 Å². The number of carbonyl (C=O) groups is 1. The molecular formula is C15H21NO2. The van der Waals surface area contributed by atoms with Crippen molar-refractivity contribution < 1.29 is 9.53 Å². The van der Waals surface area contributed by atoms with Crippen LogP contribution in [0, 0.1) is 20.8 Å². The predicted octanol–water partition coefficient (Wildman–Crippen LogP) is 2.56. The van der Waals surface area contributed by atoms with Crippen molar-refractivity contribution in [3.05, 3.63) is 28.3 Å². The summed E-state index contributed by atoms with van der Waals surface area (Å²) in [5.74, 6) is 0.856. The fourth-order valence-corrected chi connectivity index (χ4v) is 2.27. The van der Waals surface area contributed by atoms with Crippen LogP contribution in [0.2, 0.25) is 0 Å². The number of Topliss-reactive ketones (excluding diaryl/α,β-unsaturated/α-hetero) is 1. The zero-order chi connectivity index (χ0) is 13.3. The van der Waals surface area contributed by atoms with E-state index in [1.807, 2.05) is 20.8 Å². The highest BCUT2D eigenvalue weighted by Crippen LogP contribution is 2.30. The van der Waals surface area contributed by atoms with Crippen molar-refractivity contribution in [2.75, 3.05) is 13.7 Å². The van der Waals surface area contributed by atoms with Crippen molar-refractivity contribution in [1.82, 2.24) is 5.32 Å². The highest BCUT2D eigenvalue weighted by molar-refractivity contribution is 6.02. The molecule has 98 valence electrons. The first-order valence-corrected chi connectivity index (χ1v) is 6.46. The lowest BCUT2D eigenvalue weighted by Gasteiger charge is -2.16. The van der Waals surface area contributed by atoms with Crippen molar-refractivity contribution in [2.24, 2.45) is 0 Å². The Morgan fingerprint density at radius 1 is 1.33 bits per heavy atom. The van der Waals surface area contributed by atoms with Gasteiger partial charge in [0.1, 0.15) is 5.75 Å². The number of hydrogen-bond acceptors (Lipinski definition) is 3. The van der Waals surface area contributed by atoms with Gasteiger partial charge < -0.3 is 10.1 Å². The minimum Gasteiger partial charge on any atom is -0.496 e. The van der Waals surface area contributed by atoms with Gasteiger partial charge in [0.2, 0.25) is 0 Å². The minimum atomic E-state index is 0.124. The molecule has 0 heterocycles. The maximum atomic E-state index is 12.3. The molecule has 1 aromatic rings. The molecule has 3 nitrogen and oxygen atoms in total. The number of rotatable bonds is 5. The Kier molecular flexibility index (Phi) is 3.71. The molecule has 18 heavy (non-hydrogen) atoms. The van der Waals surface area contributed by atoms with E-state index in [1.54, 1.807) is 7.11 Å². The fraction of sp³-hybridized carbons (Fsp3) is 0.533. The third-order valence-corrected chi connectivity index (χ3v) is 3.60. The van der Waals surface area contributed by atoms with Gasteiger partial charge in [0.05, 0.1) is 19.2 Å². The van der Waals surface area contributed by atoms with Gasteiger partial charge in [0.15, 0.2) is 5.78 Å². The second kappa shape index (κ2) is 5.11. The van der Waals surface area contributed by atoms with Gasteiger partial charge in [-0.05, 0) is 50.3 Å². The van der Waals surface area contributed by atoms with Crippen LogP contribution >= 0.6 is 0 Å². The number of aryl methyl sites for hydroxylation is 2. The molecule has 1 aromatic carbocycles. The fourth-order valence-electron chi connectivity index (χ4n) is 2.27. The lowest BCUT2D eigenvalue weighted by Crippen LogP contribution is -2.26. The lowest BCUT2D eigenvalue weighted by molar-refractivity contribution is 0.0987. The molecule has 1 saturated carbocycles. The average molecular weight is 247 g/mol. The number of methoxy groups -OCH3 is 1. The highest BCUT2D eigenvalue weighted by Gasteiger charge is 2.24. The summed E-state index contributed by atoms with van der Waals surface area (Å²) in [6.07, 6.45) is 2.38. The van der Waals surface area contributed by atoms with E-state index < -0.39 is 0 Å². The number of ether oxygens (including phenoxy) is 1. The van der Waals surface area contributed by atoms with Crippen LogP contribution in [-0.4, -0.2) is 25.5 Å². The van der Waals surface area contributed by atoms with E-state index in [0.717, 1.165) is 28.0 Å². The molecule has 0 amide bonds. The van der Waals surface area contributed by atoms with Crippen molar-refractivity contribution in [1.29, 1.82) is 0 Å². The standard InChI is InChI=1S/C15H21NO2/c1-9-7-10(2)14(15(18-4)11(9)3)13(17)8-16-12-5-6-12/h7,12,16H,5-6,8H2,1-4H3. The summed E-state index contributed by atoms with van der Waals surface area (Å²) in [7, 11) is 1.63. The van der Waals surface area contributed by atoms with Gasteiger partial charge in [-0.15, -0.1) is 0 Å². The van der Waals surface area contributed by atoms with Gasteiger partial charge in [0, 0.05) is 6.04 Å². The van der Waals surface area contributed by atoms with Crippen LogP contribution in [0.25, 0.3) is 0 Å². The van der Waals surface area contributed by atoms with E-state index in [0.29, 0.717) is 12.6 Å². The second-order valence-electron chi connectivity index (χ2n) is 5.12. The number of carbonyl (C=O) groups excluding carboxylic acids is 1. The summed E-state index contributed by atoms with van der Waals surface area (Å²) < 4.78 is 5.43. The maximum Gasteiger partial charge on any atom is 0.180 e. The van der Waals surface area contributed by atoms with Gasteiger partial charge in [-0.2, -0.15) is 0 Å². The topological polar surface area (TPSA) is 38.3 Å². The molecule has 1 N–H and O–H groups in total. The number of hydrogen-bond donors (Lipinski definition) is 1. The van der Waals surface area contributed by atoms with Gasteiger partial charge >= 0.3 is 0 Å². The molecule has 1 aliphatic rings. The van der Waals surface area contributed by atoms with Gasteiger partial charge in [-0.3, -0.25) is 4.79 Å². The molecule has 0 atom stereocenters. The van der Waals surface area contributed by atoms with Crippen LogP contribution in [0.3, 0.4) is 0 Å². The SMILES string of the molecule is COc1c(C)c(C)cc(C)c1C(=O)CNC1CC1.